The largest absolute Gasteiger partial charge is 0.496 e. The second kappa shape index (κ2) is 17.9. The number of nitrogens with zero attached hydrogens (tertiary/aromatic N) is 3. The van der Waals surface area contributed by atoms with Crippen LogP contribution >= 0.6 is 11.6 Å². The summed E-state index contributed by atoms with van der Waals surface area (Å²) in [5.74, 6) is 0.943. The molecule has 10 nitrogen and oxygen atoms in total. The number of ether oxygens (including phenoxy) is 5. The number of fused-ring (bicyclic) bond motifs is 3. The lowest BCUT2D eigenvalue weighted by Gasteiger charge is -2.15. The average molecular weight is 691 g/mol. The van der Waals surface area contributed by atoms with Crippen molar-refractivity contribution in [1.82, 2.24) is 9.97 Å². The van der Waals surface area contributed by atoms with Gasteiger partial charge in [-0.2, -0.15) is 0 Å². The van der Waals surface area contributed by atoms with Gasteiger partial charge in [0, 0.05) is 53.9 Å². The molecule has 2 heterocycles. The van der Waals surface area contributed by atoms with Crippen molar-refractivity contribution in [3.05, 3.63) is 105 Å². The molecule has 49 heavy (non-hydrogen) atoms. The number of aliphatic imine (C=N–C) groups is 1. The van der Waals surface area contributed by atoms with Crippen molar-refractivity contribution < 1.29 is 32.9 Å². The number of carbonyl (C=O) groups excluding carboxylic acids is 1. The van der Waals surface area contributed by atoms with Gasteiger partial charge >= 0.3 is 0 Å². The van der Waals surface area contributed by atoms with Crippen LogP contribution in [0.2, 0.25) is 5.02 Å². The predicted octanol–water partition coefficient (Wildman–Crippen LogP) is 5.87. The van der Waals surface area contributed by atoms with E-state index in [0.717, 1.165) is 16.7 Å². The van der Waals surface area contributed by atoms with Gasteiger partial charge in [0.1, 0.15) is 23.1 Å². The molecule has 0 spiro atoms. The van der Waals surface area contributed by atoms with E-state index in [1.807, 2.05) is 18.2 Å². The Morgan fingerprint density at radius 2 is 1.65 bits per heavy atom. The molecule has 1 aliphatic rings. The SMILES string of the molecule is COc1cc(Cc2ncc3c(n2)-c2ccc(Cl)cc2C(c2c(F)cccc2OC)=NC3)ccc1C(=O)CCCOCCOCCOCCN. The number of hydrogen-bond acceptors (Lipinski definition) is 10. The molecule has 0 saturated heterocycles. The van der Waals surface area contributed by atoms with E-state index < -0.39 is 5.82 Å². The number of carbonyl (C=O) groups is 1. The van der Waals surface area contributed by atoms with Gasteiger partial charge < -0.3 is 29.4 Å². The highest BCUT2D eigenvalue weighted by Gasteiger charge is 2.25. The van der Waals surface area contributed by atoms with Crippen molar-refractivity contribution in [3.8, 4) is 22.8 Å². The molecule has 1 aromatic heterocycles. The Labute approximate surface area is 290 Å². The minimum atomic E-state index is -0.451. The molecule has 0 aliphatic carbocycles. The minimum Gasteiger partial charge on any atom is -0.496 e. The van der Waals surface area contributed by atoms with Crippen molar-refractivity contribution in [2.45, 2.75) is 25.8 Å². The summed E-state index contributed by atoms with van der Waals surface area (Å²) in [6.45, 7) is 3.59. The Bertz CT molecular complexity index is 1790. The van der Waals surface area contributed by atoms with Crippen LogP contribution in [0.4, 0.5) is 4.39 Å². The first-order valence-corrected chi connectivity index (χ1v) is 16.5. The number of Topliss-reactive ketones (excluding diaryl/α,β-unsaturated/α-hetero) is 1. The zero-order valence-corrected chi connectivity index (χ0v) is 28.4. The highest BCUT2D eigenvalue weighted by molar-refractivity contribution is 6.31. The van der Waals surface area contributed by atoms with Gasteiger partial charge in [0.25, 0.3) is 0 Å². The third kappa shape index (κ3) is 9.26. The van der Waals surface area contributed by atoms with E-state index in [0.29, 0.717) is 110 Å². The molecule has 0 radical (unpaired) electrons. The van der Waals surface area contributed by atoms with Crippen LogP contribution < -0.4 is 15.2 Å². The average Bonchev–Trinajstić information content (AvgIpc) is 3.26. The van der Waals surface area contributed by atoms with Crippen LogP contribution in [0.3, 0.4) is 0 Å². The van der Waals surface area contributed by atoms with Gasteiger partial charge in [0.15, 0.2) is 5.78 Å². The highest BCUT2D eigenvalue weighted by atomic mass is 35.5. The normalized spacial score (nSPS) is 12.1. The molecule has 5 rings (SSSR count). The smallest absolute Gasteiger partial charge is 0.166 e. The maximum Gasteiger partial charge on any atom is 0.166 e. The summed E-state index contributed by atoms with van der Waals surface area (Å²) in [5, 5.41) is 0.486. The van der Waals surface area contributed by atoms with E-state index in [1.165, 1.54) is 13.2 Å². The van der Waals surface area contributed by atoms with Crippen LogP contribution in [-0.2, 0) is 27.2 Å². The number of nitrogens with two attached hydrogens (primary N) is 1. The number of hydrogen-bond donors (Lipinski definition) is 1. The van der Waals surface area contributed by atoms with Crippen molar-refractivity contribution in [1.29, 1.82) is 0 Å². The lowest BCUT2D eigenvalue weighted by atomic mass is 9.94. The monoisotopic (exact) mass is 690 g/mol. The number of aromatic nitrogens is 2. The molecule has 258 valence electrons. The maximum atomic E-state index is 15.2. The molecular formula is C37H40ClFN4O6. The van der Waals surface area contributed by atoms with Gasteiger partial charge in [-0.3, -0.25) is 9.79 Å². The van der Waals surface area contributed by atoms with Gasteiger partial charge in [-0.25, -0.2) is 14.4 Å². The Morgan fingerprint density at radius 1 is 0.898 bits per heavy atom. The van der Waals surface area contributed by atoms with Crippen LogP contribution in [0.25, 0.3) is 11.3 Å². The van der Waals surface area contributed by atoms with Crippen molar-refractivity contribution in [3.63, 3.8) is 0 Å². The molecule has 12 heteroatoms. The fourth-order valence-electron chi connectivity index (χ4n) is 5.52. The first kappa shape index (κ1) is 36.0. The molecule has 0 saturated carbocycles. The Balaban J connectivity index is 1.25. The molecule has 0 fully saturated rings. The fourth-order valence-corrected chi connectivity index (χ4v) is 5.69. The number of benzene rings is 3. The van der Waals surface area contributed by atoms with Crippen LogP contribution in [0.5, 0.6) is 11.5 Å². The molecule has 0 atom stereocenters. The van der Waals surface area contributed by atoms with Crippen LogP contribution in [0.1, 0.15) is 51.3 Å². The highest BCUT2D eigenvalue weighted by Crippen LogP contribution is 2.36. The first-order valence-electron chi connectivity index (χ1n) is 16.1. The van der Waals surface area contributed by atoms with Gasteiger partial charge in [0.2, 0.25) is 0 Å². The van der Waals surface area contributed by atoms with Gasteiger partial charge in [-0.15, -0.1) is 0 Å². The summed E-state index contributed by atoms with van der Waals surface area (Å²) in [6, 6.07) is 15.6. The summed E-state index contributed by atoms with van der Waals surface area (Å²) in [5.41, 5.74) is 10.3. The Kier molecular flexibility index (Phi) is 13.2. The number of halogens is 2. The van der Waals surface area contributed by atoms with E-state index in [-0.39, 0.29) is 17.9 Å². The lowest BCUT2D eigenvalue weighted by Crippen LogP contribution is -2.13. The van der Waals surface area contributed by atoms with Crippen LogP contribution in [0.15, 0.2) is 65.8 Å². The summed E-state index contributed by atoms with van der Waals surface area (Å²) in [7, 11) is 3.04. The number of ketones is 1. The van der Waals surface area contributed by atoms with Crippen molar-refractivity contribution >= 4 is 23.1 Å². The summed E-state index contributed by atoms with van der Waals surface area (Å²) < 4.78 is 42.6. The van der Waals surface area contributed by atoms with E-state index in [2.05, 4.69) is 4.98 Å². The first-order chi connectivity index (χ1) is 23.9. The summed E-state index contributed by atoms with van der Waals surface area (Å²) >= 11 is 6.43. The van der Waals surface area contributed by atoms with E-state index in [4.69, 9.17) is 51.0 Å². The molecule has 1 aliphatic heterocycles. The third-order valence-corrected chi connectivity index (χ3v) is 8.11. The van der Waals surface area contributed by atoms with Gasteiger partial charge in [-0.05, 0) is 48.4 Å². The predicted molar refractivity (Wildman–Crippen MR) is 186 cm³/mol. The Morgan fingerprint density at radius 3 is 2.41 bits per heavy atom. The standard InChI is InChI=1S/C37H40ClFN4O6/c1-45-32-7-3-5-30(39)35(32)37-29-21-26(38)9-11-27(29)36-25(23-42-37)22-41-34(43-36)20-24-8-10-28(33(19-24)46-2)31(44)6-4-13-47-15-17-49-18-16-48-14-12-40/h3,5,7-11,19,21-22H,4,6,12-18,20,23,40H2,1-2H3. The molecule has 2 N–H and O–H groups in total. The zero-order valence-electron chi connectivity index (χ0n) is 27.7. The minimum absolute atomic E-state index is 0.0286. The van der Waals surface area contributed by atoms with Crippen LogP contribution in [0, 0.1) is 5.82 Å². The van der Waals surface area contributed by atoms with Crippen molar-refractivity contribution in [2.24, 2.45) is 10.7 Å². The number of rotatable bonds is 18. The molecule has 0 unspecified atom stereocenters. The van der Waals surface area contributed by atoms with Crippen LogP contribution in [-0.4, -0.2) is 81.9 Å². The van der Waals surface area contributed by atoms with E-state index >= 15 is 4.39 Å². The Hall–Kier alpha value is -4.26. The molecule has 0 amide bonds. The zero-order chi connectivity index (χ0) is 34.6. The molecule has 0 bridgehead atoms. The van der Waals surface area contributed by atoms with E-state index in [1.54, 1.807) is 43.6 Å². The molecular weight excluding hydrogens is 651 g/mol. The lowest BCUT2D eigenvalue weighted by molar-refractivity contribution is 0.0154. The summed E-state index contributed by atoms with van der Waals surface area (Å²) in [6.07, 6.45) is 3.05. The third-order valence-electron chi connectivity index (χ3n) is 7.87. The van der Waals surface area contributed by atoms with Crippen molar-refractivity contribution in [2.75, 3.05) is 60.4 Å². The van der Waals surface area contributed by atoms with E-state index in [9.17, 15) is 4.79 Å². The summed E-state index contributed by atoms with van der Waals surface area (Å²) in [4.78, 5) is 27.4. The van der Waals surface area contributed by atoms with Gasteiger partial charge in [0.05, 0.1) is 76.3 Å². The second-order valence-corrected chi connectivity index (χ2v) is 11.6. The topological polar surface area (TPSA) is 127 Å². The molecule has 4 aromatic rings. The molecule has 3 aromatic carbocycles. The number of methoxy groups -OCH3 is 2. The second-order valence-electron chi connectivity index (χ2n) is 11.2. The quantitative estimate of drug-likeness (QED) is 0.101. The fraction of sp³-hybridized carbons (Fsp3) is 0.351. The maximum absolute atomic E-state index is 15.2. The van der Waals surface area contributed by atoms with Gasteiger partial charge in [-0.1, -0.05) is 29.8 Å².